The van der Waals surface area contributed by atoms with Crippen molar-refractivity contribution in [2.24, 2.45) is 5.73 Å². The number of rotatable bonds is 1. The first-order valence-electron chi connectivity index (χ1n) is 6.65. The van der Waals surface area contributed by atoms with Gasteiger partial charge in [-0.25, -0.2) is 0 Å². The topological polar surface area (TPSA) is 153 Å². The van der Waals surface area contributed by atoms with Crippen molar-refractivity contribution in [2.45, 2.75) is 0 Å². The van der Waals surface area contributed by atoms with Crippen molar-refractivity contribution in [3.63, 3.8) is 0 Å². The third kappa shape index (κ3) is 6.96. The van der Waals surface area contributed by atoms with Gasteiger partial charge in [0.2, 0.25) is 5.91 Å². The van der Waals surface area contributed by atoms with Crippen LogP contribution in [0.15, 0.2) is 60.9 Å². The molecule has 1 heterocycles. The van der Waals surface area contributed by atoms with Crippen molar-refractivity contribution in [2.75, 3.05) is 0 Å². The van der Waals surface area contributed by atoms with E-state index in [0.29, 0.717) is 16.7 Å². The third-order valence-corrected chi connectivity index (χ3v) is 2.79. The Morgan fingerprint density at radius 3 is 1.76 bits per heavy atom. The Morgan fingerprint density at radius 2 is 1.44 bits per heavy atom. The van der Waals surface area contributed by atoms with Gasteiger partial charge >= 0.3 is 0 Å². The van der Waals surface area contributed by atoms with E-state index in [1.165, 1.54) is 18.3 Å². The van der Waals surface area contributed by atoms with Gasteiger partial charge in [-0.3, -0.25) is 23.6 Å². The van der Waals surface area contributed by atoms with Crippen molar-refractivity contribution in [3.8, 4) is 0 Å². The third-order valence-electron chi connectivity index (χ3n) is 2.79. The lowest BCUT2D eigenvalue weighted by Crippen LogP contribution is -2.10. The average molecular weight is 360 g/mol. The van der Waals surface area contributed by atoms with Gasteiger partial charge in [0.15, 0.2) is 11.6 Å². The highest BCUT2D eigenvalue weighted by molar-refractivity contribution is 7.72. The van der Waals surface area contributed by atoms with Crippen molar-refractivity contribution in [3.05, 3.63) is 77.6 Å². The minimum Gasteiger partial charge on any atom is -0.784 e. The van der Waals surface area contributed by atoms with E-state index in [1.54, 1.807) is 42.6 Å². The zero-order chi connectivity index (χ0) is 18.8. The second-order valence-corrected chi connectivity index (χ2v) is 4.83. The van der Waals surface area contributed by atoms with Crippen LogP contribution in [0.5, 0.6) is 0 Å². The summed E-state index contributed by atoms with van der Waals surface area (Å²) in [4.78, 5) is 36.5. The summed E-state index contributed by atoms with van der Waals surface area (Å²) in [6, 6.07) is 10.1. The molecule has 0 saturated carbocycles. The Hall–Kier alpha value is -3.01. The van der Waals surface area contributed by atoms with Crippen LogP contribution in [0.25, 0.3) is 0 Å². The summed E-state index contributed by atoms with van der Waals surface area (Å²) in [5, 5.41) is 0. The normalized spacial score (nSPS) is 11.6. The molecule has 1 amide bonds. The molecule has 25 heavy (non-hydrogen) atoms. The van der Waals surface area contributed by atoms with E-state index in [-0.39, 0.29) is 11.6 Å². The number of carbonyl (C=O) groups excluding carboxylic acids is 3. The monoisotopic (exact) mass is 360 g/mol. The first-order valence-corrected chi connectivity index (χ1v) is 7.65. The van der Waals surface area contributed by atoms with Crippen molar-refractivity contribution in [1.29, 1.82) is 0 Å². The summed E-state index contributed by atoms with van der Waals surface area (Å²) in [5.41, 5.74) is 6.39. The average Bonchev–Trinajstić information content (AvgIpc) is 2.59. The Labute approximate surface area is 145 Å². The molecule has 0 bridgehead atoms. The van der Waals surface area contributed by atoms with Crippen LogP contribution in [0.1, 0.15) is 31.1 Å². The van der Waals surface area contributed by atoms with Crippen LogP contribution >= 0.6 is 0 Å². The maximum atomic E-state index is 11.2. The number of nitrogens with zero attached hydrogens (tertiary/aromatic N) is 1. The molecule has 3 rings (SSSR count). The number of fused-ring (bicyclic) bond motifs is 1. The molecule has 1 aliphatic rings. The summed E-state index contributed by atoms with van der Waals surface area (Å²) in [7, 11) is 0. The first-order chi connectivity index (χ1) is 11.8. The highest BCUT2D eigenvalue weighted by Gasteiger charge is 2.16. The second-order valence-electron chi connectivity index (χ2n) is 4.42. The molecule has 0 radical (unpaired) electrons. The molecule has 8 nitrogen and oxygen atoms in total. The number of carbonyl (C=O) groups is 3. The number of benzene rings is 1. The fourth-order valence-electron chi connectivity index (χ4n) is 1.75. The minimum absolute atomic E-state index is 0.0924. The molecule has 2 N–H and O–H groups in total. The molecular formula is C16H12N2O6S-2. The SMILES string of the molecule is NC(=O)c1cccnc1.O=C1C=CC(=O)c2ccccc21.O=S([O-])[O-]. The lowest BCUT2D eigenvalue weighted by Gasteiger charge is -2.06. The Morgan fingerprint density at radius 1 is 0.960 bits per heavy atom. The summed E-state index contributed by atoms with van der Waals surface area (Å²) in [6.07, 6.45) is 5.64. The molecule has 1 aromatic carbocycles. The fourth-order valence-corrected chi connectivity index (χ4v) is 1.75. The zero-order valence-corrected chi connectivity index (χ0v) is 13.5. The largest absolute Gasteiger partial charge is 0.784 e. The van der Waals surface area contributed by atoms with Crippen LogP contribution in [-0.4, -0.2) is 35.8 Å². The lowest BCUT2D eigenvalue weighted by atomic mass is 9.95. The molecule has 2 aromatic rings. The first kappa shape index (κ1) is 20.0. The van der Waals surface area contributed by atoms with Crippen LogP contribution in [-0.2, 0) is 11.4 Å². The molecule has 0 atom stereocenters. The van der Waals surface area contributed by atoms with E-state index in [4.69, 9.17) is 19.0 Å². The second kappa shape index (κ2) is 9.98. The van der Waals surface area contributed by atoms with E-state index in [1.807, 2.05) is 0 Å². The Balaban J connectivity index is 0.000000213. The van der Waals surface area contributed by atoms with Crippen LogP contribution in [0.2, 0.25) is 0 Å². The standard InChI is InChI=1S/C10H6O2.C6H6N2O.H2O3S/c11-9-5-6-10(12)8-4-2-1-3-7(8)9;7-6(9)5-2-1-3-8-4-5;1-4(2)3/h1-6H;1-4H,(H2,7,9);(H2,1,2,3)/p-2. The van der Waals surface area contributed by atoms with Crippen molar-refractivity contribution >= 4 is 28.8 Å². The van der Waals surface area contributed by atoms with Gasteiger partial charge in [0, 0.05) is 23.5 Å². The maximum absolute atomic E-state index is 11.2. The minimum atomic E-state index is -3.11. The molecule has 1 aliphatic carbocycles. The lowest BCUT2D eigenvalue weighted by molar-refractivity contribution is 0.0994. The number of amides is 1. The number of aromatic nitrogens is 1. The Kier molecular flexibility index (Phi) is 8.00. The number of hydrogen-bond donors (Lipinski definition) is 1. The molecule has 0 spiro atoms. The Bertz CT molecular complexity index is 779. The van der Waals surface area contributed by atoms with Crippen LogP contribution in [0.4, 0.5) is 0 Å². The fraction of sp³-hybridized carbons (Fsp3) is 0. The molecular weight excluding hydrogens is 348 g/mol. The predicted octanol–water partition coefficient (Wildman–Crippen LogP) is 0.798. The van der Waals surface area contributed by atoms with Crippen molar-refractivity contribution < 1.29 is 27.7 Å². The van der Waals surface area contributed by atoms with Gasteiger partial charge in [-0.05, 0) is 24.3 Å². The molecule has 9 heteroatoms. The summed E-state index contributed by atoms with van der Waals surface area (Å²) >= 11 is -3.11. The van der Waals surface area contributed by atoms with Gasteiger partial charge in [0.1, 0.15) is 0 Å². The number of ketones is 2. The molecule has 0 aliphatic heterocycles. The van der Waals surface area contributed by atoms with Crippen LogP contribution in [0.3, 0.4) is 0 Å². The smallest absolute Gasteiger partial charge is 0.250 e. The van der Waals surface area contributed by atoms with Crippen molar-refractivity contribution in [1.82, 2.24) is 4.98 Å². The number of nitrogens with two attached hydrogens (primary N) is 1. The molecule has 0 unspecified atom stereocenters. The van der Waals surface area contributed by atoms with Gasteiger partial charge < -0.3 is 14.8 Å². The van der Waals surface area contributed by atoms with Crippen LogP contribution < -0.4 is 5.73 Å². The summed E-state index contributed by atoms with van der Waals surface area (Å²) in [5.74, 6) is -0.626. The van der Waals surface area contributed by atoms with Gasteiger partial charge in [-0.1, -0.05) is 24.3 Å². The molecule has 0 saturated heterocycles. The number of pyridine rings is 1. The number of allylic oxidation sites excluding steroid dienone is 2. The molecule has 0 fully saturated rings. The van der Waals surface area contributed by atoms with Gasteiger partial charge in [0.25, 0.3) is 0 Å². The number of primary amides is 1. The van der Waals surface area contributed by atoms with E-state index < -0.39 is 17.3 Å². The van der Waals surface area contributed by atoms with E-state index in [0.717, 1.165) is 0 Å². The predicted molar refractivity (Wildman–Crippen MR) is 86.7 cm³/mol. The summed E-state index contributed by atoms with van der Waals surface area (Å²) in [6.45, 7) is 0. The van der Waals surface area contributed by atoms with Gasteiger partial charge in [-0.2, -0.15) is 0 Å². The molecule has 130 valence electrons. The van der Waals surface area contributed by atoms with E-state index in [2.05, 4.69) is 4.98 Å². The zero-order valence-electron chi connectivity index (χ0n) is 12.7. The van der Waals surface area contributed by atoms with Crippen LogP contribution in [0, 0.1) is 0 Å². The van der Waals surface area contributed by atoms with E-state index in [9.17, 15) is 14.4 Å². The van der Waals surface area contributed by atoms with Gasteiger partial charge in [0.05, 0.1) is 5.56 Å². The number of hydrogen-bond acceptors (Lipinski definition) is 7. The quantitative estimate of drug-likeness (QED) is 0.738. The highest BCUT2D eigenvalue weighted by Crippen LogP contribution is 2.15. The maximum Gasteiger partial charge on any atom is 0.250 e. The summed E-state index contributed by atoms with van der Waals surface area (Å²) < 4.78 is 25.3. The van der Waals surface area contributed by atoms with Gasteiger partial charge in [-0.15, -0.1) is 11.4 Å². The highest BCUT2D eigenvalue weighted by atomic mass is 32.2. The molecule has 1 aromatic heterocycles. The van der Waals surface area contributed by atoms with E-state index >= 15 is 0 Å².